The summed E-state index contributed by atoms with van der Waals surface area (Å²) >= 11 is 0. The third kappa shape index (κ3) is 4.64. The number of nitrogens with zero attached hydrogens (tertiary/aromatic N) is 1. The second-order valence-electron chi connectivity index (χ2n) is 5.28. The van der Waals surface area contributed by atoms with Crippen molar-refractivity contribution in [3.63, 3.8) is 0 Å². The molecule has 1 fully saturated rings. The van der Waals surface area contributed by atoms with Crippen LogP contribution in [0.2, 0.25) is 0 Å². The lowest BCUT2D eigenvalue weighted by molar-refractivity contribution is -0.145. The van der Waals surface area contributed by atoms with Crippen LogP contribution in [0.5, 0.6) is 0 Å². The van der Waals surface area contributed by atoms with Crippen LogP contribution in [-0.2, 0) is 9.53 Å². The number of hydrogen-bond donors (Lipinski definition) is 1. The van der Waals surface area contributed by atoms with Crippen LogP contribution >= 0.6 is 0 Å². The number of nitrogens with one attached hydrogen (secondary N) is 1. The molecule has 100 valence electrons. The summed E-state index contributed by atoms with van der Waals surface area (Å²) in [7, 11) is 0. The molecule has 1 aliphatic heterocycles. The zero-order valence-corrected chi connectivity index (χ0v) is 11.5. The fourth-order valence-electron chi connectivity index (χ4n) is 1.95. The van der Waals surface area contributed by atoms with Gasteiger partial charge in [-0.3, -0.25) is 4.79 Å². The molecule has 0 aliphatic carbocycles. The van der Waals surface area contributed by atoms with Crippen LogP contribution in [-0.4, -0.2) is 49.2 Å². The van der Waals surface area contributed by atoms with Crippen LogP contribution in [0.3, 0.4) is 0 Å². The molecule has 1 rings (SSSR count). The van der Waals surface area contributed by atoms with E-state index in [4.69, 9.17) is 4.74 Å². The molecule has 2 unspecified atom stereocenters. The molecule has 4 heteroatoms. The summed E-state index contributed by atoms with van der Waals surface area (Å²) in [5.74, 6) is 0.748. The van der Waals surface area contributed by atoms with E-state index in [1.165, 1.54) is 0 Å². The molecule has 0 aromatic heterocycles. The Morgan fingerprint density at radius 3 is 2.76 bits per heavy atom. The molecule has 0 saturated carbocycles. The molecular formula is C13H26N2O2. The molecule has 0 aromatic carbocycles. The van der Waals surface area contributed by atoms with Crippen molar-refractivity contribution in [2.45, 2.75) is 46.3 Å². The van der Waals surface area contributed by atoms with E-state index >= 15 is 0 Å². The van der Waals surface area contributed by atoms with Crippen molar-refractivity contribution in [1.29, 1.82) is 0 Å². The molecular weight excluding hydrogens is 216 g/mol. The first-order valence-electron chi connectivity index (χ1n) is 6.65. The van der Waals surface area contributed by atoms with Gasteiger partial charge in [-0.25, -0.2) is 0 Å². The topological polar surface area (TPSA) is 41.6 Å². The van der Waals surface area contributed by atoms with Crippen LogP contribution in [0, 0.1) is 5.92 Å². The molecule has 2 atom stereocenters. The second kappa shape index (κ2) is 6.97. The Bertz CT molecular complexity index is 244. The largest absolute Gasteiger partial charge is 0.369 e. The SMILES string of the molecule is CC(C)CCOC(C)C(=O)N1CCNCC1C. The lowest BCUT2D eigenvalue weighted by Crippen LogP contribution is -2.54. The van der Waals surface area contributed by atoms with Crippen molar-refractivity contribution >= 4 is 5.91 Å². The van der Waals surface area contributed by atoms with Crippen molar-refractivity contribution in [3.05, 3.63) is 0 Å². The molecule has 1 heterocycles. The molecule has 1 saturated heterocycles. The van der Waals surface area contributed by atoms with Crippen molar-refractivity contribution in [1.82, 2.24) is 10.2 Å². The van der Waals surface area contributed by atoms with E-state index in [-0.39, 0.29) is 18.1 Å². The van der Waals surface area contributed by atoms with Crippen LogP contribution in [0.1, 0.15) is 34.1 Å². The minimum atomic E-state index is -0.311. The minimum absolute atomic E-state index is 0.128. The maximum Gasteiger partial charge on any atom is 0.251 e. The monoisotopic (exact) mass is 242 g/mol. The average molecular weight is 242 g/mol. The van der Waals surface area contributed by atoms with Gasteiger partial charge < -0.3 is 15.0 Å². The highest BCUT2D eigenvalue weighted by Crippen LogP contribution is 2.08. The van der Waals surface area contributed by atoms with E-state index < -0.39 is 0 Å². The van der Waals surface area contributed by atoms with Gasteiger partial charge in [0.15, 0.2) is 0 Å². The zero-order chi connectivity index (χ0) is 12.8. The first-order chi connectivity index (χ1) is 8.02. The Kier molecular flexibility index (Phi) is 5.92. The van der Waals surface area contributed by atoms with E-state index in [9.17, 15) is 4.79 Å². The quantitative estimate of drug-likeness (QED) is 0.789. The van der Waals surface area contributed by atoms with Crippen molar-refractivity contribution in [2.24, 2.45) is 5.92 Å². The highest BCUT2D eigenvalue weighted by Gasteiger charge is 2.27. The van der Waals surface area contributed by atoms with Gasteiger partial charge in [0.1, 0.15) is 6.10 Å². The van der Waals surface area contributed by atoms with Crippen LogP contribution in [0.4, 0.5) is 0 Å². The fourth-order valence-corrected chi connectivity index (χ4v) is 1.95. The number of ether oxygens (including phenoxy) is 1. The van der Waals surface area contributed by atoms with Crippen LogP contribution in [0.25, 0.3) is 0 Å². The molecule has 0 aromatic rings. The predicted molar refractivity (Wildman–Crippen MR) is 68.9 cm³/mol. The van der Waals surface area contributed by atoms with Gasteiger partial charge in [-0.1, -0.05) is 13.8 Å². The summed E-state index contributed by atoms with van der Waals surface area (Å²) in [6, 6.07) is 0.271. The molecule has 0 radical (unpaired) electrons. The first kappa shape index (κ1) is 14.5. The molecule has 0 spiro atoms. The number of rotatable bonds is 5. The Morgan fingerprint density at radius 1 is 1.47 bits per heavy atom. The number of carbonyl (C=O) groups excluding carboxylic acids is 1. The molecule has 17 heavy (non-hydrogen) atoms. The Labute approximate surface area is 105 Å². The number of piperazine rings is 1. The summed E-state index contributed by atoms with van der Waals surface area (Å²) in [5.41, 5.74) is 0. The average Bonchev–Trinajstić information content (AvgIpc) is 2.28. The molecule has 1 N–H and O–H groups in total. The maximum absolute atomic E-state index is 12.2. The Balaban J connectivity index is 2.34. The highest BCUT2D eigenvalue weighted by molar-refractivity contribution is 5.81. The third-order valence-corrected chi connectivity index (χ3v) is 3.20. The zero-order valence-electron chi connectivity index (χ0n) is 11.5. The highest BCUT2D eigenvalue weighted by atomic mass is 16.5. The van der Waals surface area contributed by atoms with Crippen molar-refractivity contribution in [2.75, 3.05) is 26.2 Å². The smallest absolute Gasteiger partial charge is 0.251 e. The maximum atomic E-state index is 12.2. The molecule has 0 bridgehead atoms. The van der Waals surface area contributed by atoms with Crippen molar-refractivity contribution < 1.29 is 9.53 Å². The summed E-state index contributed by atoms with van der Waals surface area (Å²) in [6.45, 7) is 11.5. The van der Waals surface area contributed by atoms with Gasteiger partial charge in [0.2, 0.25) is 0 Å². The van der Waals surface area contributed by atoms with Gasteiger partial charge in [-0.2, -0.15) is 0 Å². The first-order valence-corrected chi connectivity index (χ1v) is 6.65. The van der Waals surface area contributed by atoms with Gasteiger partial charge >= 0.3 is 0 Å². The predicted octanol–water partition coefficient (Wildman–Crippen LogP) is 1.26. The fraction of sp³-hybridized carbons (Fsp3) is 0.923. The van der Waals surface area contributed by atoms with Gasteiger partial charge in [0, 0.05) is 32.3 Å². The minimum Gasteiger partial charge on any atom is -0.369 e. The van der Waals surface area contributed by atoms with Gasteiger partial charge in [0.05, 0.1) is 0 Å². The number of carbonyl (C=O) groups is 1. The van der Waals surface area contributed by atoms with Gasteiger partial charge in [-0.05, 0) is 26.2 Å². The lowest BCUT2D eigenvalue weighted by atomic mass is 10.1. The summed E-state index contributed by atoms with van der Waals surface area (Å²) < 4.78 is 5.60. The lowest BCUT2D eigenvalue weighted by Gasteiger charge is -2.35. The molecule has 1 aliphatic rings. The third-order valence-electron chi connectivity index (χ3n) is 3.20. The number of amides is 1. The van der Waals surface area contributed by atoms with Gasteiger partial charge in [0.25, 0.3) is 5.91 Å². The number of hydrogen-bond acceptors (Lipinski definition) is 3. The Hall–Kier alpha value is -0.610. The Morgan fingerprint density at radius 2 is 2.18 bits per heavy atom. The van der Waals surface area contributed by atoms with Crippen LogP contribution < -0.4 is 5.32 Å². The second-order valence-corrected chi connectivity index (χ2v) is 5.28. The van der Waals surface area contributed by atoms with E-state index in [0.29, 0.717) is 12.5 Å². The van der Waals surface area contributed by atoms with E-state index in [0.717, 1.165) is 26.1 Å². The standard InChI is InChI=1S/C13H26N2O2/c1-10(2)5-8-17-12(4)13(16)15-7-6-14-9-11(15)3/h10-12,14H,5-9H2,1-4H3. The molecule has 4 nitrogen and oxygen atoms in total. The molecule has 1 amide bonds. The van der Waals surface area contributed by atoms with Crippen LogP contribution in [0.15, 0.2) is 0 Å². The van der Waals surface area contributed by atoms with Gasteiger partial charge in [-0.15, -0.1) is 0 Å². The van der Waals surface area contributed by atoms with E-state index in [1.807, 2.05) is 11.8 Å². The normalized spacial score (nSPS) is 22.9. The van der Waals surface area contributed by atoms with E-state index in [2.05, 4.69) is 26.1 Å². The summed E-state index contributed by atoms with van der Waals surface area (Å²) in [6.07, 6.45) is 0.698. The van der Waals surface area contributed by atoms with E-state index in [1.54, 1.807) is 0 Å². The summed E-state index contributed by atoms with van der Waals surface area (Å²) in [5, 5.41) is 3.28. The van der Waals surface area contributed by atoms with Crippen molar-refractivity contribution in [3.8, 4) is 0 Å². The summed E-state index contributed by atoms with van der Waals surface area (Å²) in [4.78, 5) is 14.1.